The summed E-state index contributed by atoms with van der Waals surface area (Å²) in [5.41, 5.74) is 0.347. The summed E-state index contributed by atoms with van der Waals surface area (Å²) in [4.78, 5) is 2.04. The first-order valence-corrected chi connectivity index (χ1v) is 7.75. The van der Waals surface area contributed by atoms with Crippen molar-refractivity contribution in [2.75, 3.05) is 0 Å². The highest BCUT2D eigenvalue weighted by atomic mass is 32.1. The van der Waals surface area contributed by atoms with Gasteiger partial charge in [0.15, 0.2) is 0 Å². The van der Waals surface area contributed by atoms with Crippen molar-refractivity contribution in [2.45, 2.75) is 38.5 Å². The van der Waals surface area contributed by atoms with Crippen LogP contribution in [0.15, 0.2) is 30.3 Å². The molecule has 1 fully saturated rings. The second kappa shape index (κ2) is 5.46. The molecule has 1 aliphatic carbocycles. The third-order valence-corrected chi connectivity index (χ3v) is 4.77. The predicted octanol–water partition coefficient (Wildman–Crippen LogP) is 4.99. The Balaban J connectivity index is 1.82. The number of alkyl halides is 3. The molecule has 0 bridgehead atoms. The van der Waals surface area contributed by atoms with E-state index in [9.17, 15) is 13.2 Å². The van der Waals surface area contributed by atoms with E-state index in [1.54, 1.807) is 23.5 Å². The van der Waals surface area contributed by atoms with Crippen molar-refractivity contribution >= 4 is 11.3 Å². The molecule has 0 aliphatic heterocycles. The van der Waals surface area contributed by atoms with E-state index in [4.69, 9.17) is 0 Å². The predicted molar refractivity (Wildman–Crippen MR) is 79.4 cm³/mol. The standard InChI is InChI=1S/C16H16F3NS/c1-10-2-3-11(8-14(10)16(17,18)19)15-7-6-13(21-15)9-20-12-4-5-12/h2-3,6-8,12,20H,4-5,9H2,1H3. The minimum Gasteiger partial charge on any atom is -0.309 e. The number of hydrogen-bond acceptors (Lipinski definition) is 2. The van der Waals surface area contributed by atoms with E-state index in [0.29, 0.717) is 11.6 Å². The maximum Gasteiger partial charge on any atom is 0.416 e. The summed E-state index contributed by atoms with van der Waals surface area (Å²) in [6.07, 6.45) is -1.84. The van der Waals surface area contributed by atoms with Crippen molar-refractivity contribution in [2.24, 2.45) is 0 Å². The van der Waals surface area contributed by atoms with Gasteiger partial charge in [0.25, 0.3) is 0 Å². The molecule has 112 valence electrons. The summed E-state index contributed by atoms with van der Waals surface area (Å²) < 4.78 is 38.9. The molecular weight excluding hydrogens is 295 g/mol. The van der Waals surface area contributed by atoms with Gasteiger partial charge < -0.3 is 5.32 Å². The normalized spacial score (nSPS) is 15.4. The molecule has 0 saturated heterocycles. The zero-order chi connectivity index (χ0) is 15.0. The van der Waals surface area contributed by atoms with Gasteiger partial charge in [0.2, 0.25) is 0 Å². The maximum absolute atomic E-state index is 13.0. The molecule has 1 aliphatic rings. The van der Waals surface area contributed by atoms with Gasteiger partial charge in [0, 0.05) is 22.3 Å². The van der Waals surface area contributed by atoms with E-state index in [1.165, 1.54) is 25.8 Å². The number of rotatable bonds is 4. The summed E-state index contributed by atoms with van der Waals surface area (Å²) >= 11 is 1.55. The molecule has 1 aromatic carbocycles. The van der Waals surface area contributed by atoms with Crippen LogP contribution in [-0.4, -0.2) is 6.04 Å². The Morgan fingerprint density at radius 2 is 1.95 bits per heavy atom. The van der Waals surface area contributed by atoms with Gasteiger partial charge >= 0.3 is 6.18 Å². The van der Waals surface area contributed by atoms with Gasteiger partial charge in [-0.1, -0.05) is 12.1 Å². The summed E-state index contributed by atoms with van der Waals surface area (Å²) in [6, 6.07) is 9.07. The fraction of sp³-hybridized carbons (Fsp3) is 0.375. The van der Waals surface area contributed by atoms with Gasteiger partial charge in [-0.05, 0) is 49.1 Å². The average molecular weight is 311 g/mol. The lowest BCUT2D eigenvalue weighted by Gasteiger charge is -2.11. The molecule has 0 unspecified atom stereocenters. The van der Waals surface area contributed by atoms with Crippen LogP contribution in [0.25, 0.3) is 10.4 Å². The fourth-order valence-corrected chi connectivity index (χ4v) is 3.20. The molecule has 1 aromatic heterocycles. The lowest BCUT2D eigenvalue weighted by molar-refractivity contribution is -0.138. The third-order valence-electron chi connectivity index (χ3n) is 3.63. The quantitative estimate of drug-likeness (QED) is 0.838. The minimum absolute atomic E-state index is 0.262. The van der Waals surface area contributed by atoms with Crippen molar-refractivity contribution < 1.29 is 13.2 Å². The van der Waals surface area contributed by atoms with Crippen LogP contribution in [0.1, 0.15) is 28.8 Å². The third kappa shape index (κ3) is 3.47. The molecule has 21 heavy (non-hydrogen) atoms. The Morgan fingerprint density at radius 3 is 2.62 bits per heavy atom. The molecule has 2 aromatic rings. The molecule has 3 rings (SSSR count). The van der Waals surface area contributed by atoms with E-state index in [1.807, 2.05) is 12.1 Å². The Morgan fingerprint density at radius 1 is 1.19 bits per heavy atom. The summed E-state index contributed by atoms with van der Waals surface area (Å²) in [5.74, 6) is 0. The van der Waals surface area contributed by atoms with Crippen molar-refractivity contribution in [3.63, 3.8) is 0 Å². The van der Waals surface area contributed by atoms with Crippen LogP contribution >= 0.6 is 11.3 Å². The van der Waals surface area contributed by atoms with Gasteiger partial charge in [0.05, 0.1) is 5.56 Å². The first kappa shape index (κ1) is 14.6. The number of halogens is 3. The van der Waals surface area contributed by atoms with E-state index < -0.39 is 11.7 Å². The Hall–Kier alpha value is -1.33. The molecule has 1 N–H and O–H groups in total. The van der Waals surface area contributed by atoms with E-state index >= 15 is 0 Å². The van der Waals surface area contributed by atoms with Gasteiger partial charge in [-0.2, -0.15) is 13.2 Å². The molecule has 1 nitrogen and oxygen atoms in total. The first-order chi connectivity index (χ1) is 9.93. The van der Waals surface area contributed by atoms with Gasteiger partial charge in [0.1, 0.15) is 0 Å². The number of nitrogens with one attached hydrogen (secondary N) is 1. The number of thiophene rings is 1. The van der Waals surface area contributed by atoms with Crippen molar-refractivity contribution in [3.8, 4) is 10.4 Å². The Bertz CT molecular complexity index is 641. The molecule has 1 saturated carbocycles. The summed E-state index contributed by atoms with van der Waals surface area (Å²) in [5, 5.41) is 3.41. The smallest absolute Gasteiger partial charge is 0.309 e. The molecular formula is C16H16F3NS. The second-order valence-corrected chi connectivity index (χ2v) is 6.62. The maximum atomic E-state index is 13.0. The molecule has 0 spiro atoms. The molecule has 0 radical (unpaired) electrons. The highest BCUT2D eigenvalue weighted by Gasteiger charge is 2.32. The topological polar surface area (TPSA) is 12.0 Å². The lowest BCUT2D eigenvalue weighted by atomic mass is 10.0. The Labute approximate surface area is 125 Å². The molecule has 1 heterocycles. The lowest BCUT2D eigenvalue weighted by Crippen LogP contribution is -2.14. The van der Waals surface area contributed by atoms with Gasteiger partial charge in [-0.25, -0.2) is 0 Å². The molecule has 0 amide bonds. The average Bonchev–Trinajstić information content (AvgIpc) is 3.13. The van der Waals surface area contributed by atoms with Crippen LogP contribution < -0.4 is 5.32 Å². The van der Waals surface area contributed by atoms with Crippen LogP contribution in [-0.2, 0) is 12.7 Å². The first-order valence-electron chi connectivity index (χ1n) is 6.94. The van der Waals surface area contributed by atoms with Crippen LogP contribution in [0.4, 0.5) is 13.2 Å². The van der Waals surface area contributed by atoms with Gasteiger partial charge in [-0.15, -0.1) is 11.3 Å². The zero-order valence-corrected chi connectivity index (χ0v) is 12.4. The van der Waals surface area contributed by atoms with Crippen molar-refractivity contribution in [3.05, 3.63) is 46.3 Å². The van der Waals surface area contributed by atoms with Gasteiger partial charge in [-0.3, -0.25) is 0 Å². The Kier molecular flexibility index (Phi) is 3.80. The van der Waals surface area contributed by atoms with Crippen LogP contribution in [0.2, 0.25) is 0 Å². The van der Waals surface area contributed by atoms with E-state index in [0.717, 1.165) is 16.3 Å². The summed E-state index contributed by atoms with van der Waals surface area (Å²) in [7, 11) is 0. The largest absolute Gasteiger partial charge is 0.416 e. The van der Waals surface area contributed by atoms with Crippen LogP contribution in [0.5, 0.6) is 0 Å². The highest BCUT2D eigenvalue weighted by molar-refractivity contribution is 7.15. The molecule has 0 atom stereocenters. The van der Waals surface area contributed by atoms with Crippen molar-refractivity contribution in [1.82, 2.24) is 5.32 Å². The van der Waals surface area contributed by atoms with E-state index in [-0.39, 0.29) is 5.56 Å². The number of aryl methyl sites for hydroxylation is 1. The van der Waals surface area contributed by atoms with Crippen LogP contribution in [0, 0.1) is 6.92 Å². The summed E-state index contributed by atoms with van der Waals surface area (Å²) in [6.45, 7) is 2.29. The monoisotopic (exact) mass is 311 g/mol. The number of benzene rings is 1. The van der Waals surface area contributed by atoms with E-state index in [2.05, 4.69) is 5.32 Å². The second-order valence-electron chi connectivity index (χ2n) is 5.45. The SMILES string of the molecule is Cc1ccc(-c2ccc(CNC3CC3)s2)cc1C(F)(F)F. The van der Waals surface area contributed by atoms with Crippen molar-refractivity contribution in [1.29, 1.82) is 0 Å². The highest BCUT2D eigenvalue weighted by Crippen LogP contribution is 2.36. The minimum atomic E-state index is -4.30. The zero-order valence-electron chi connectivity index (χ0n) is 11.6. The van der Waals surface area contributed by atoms with Crippen LogP contribution in [0.3, 0.4) is 0 Å². The molecule has 5 heteroatoms. The fourth-order valence-electron chi connectivity index (χ4n) is 2.24. The number of hydrogen-bond donors (Lipinski definition) is 1.